The molecule has 0 aromatic carbocycles. The molecule has 2 heterocycles. The van der Waals surface area contributed by atoms with Crippen LogP contribution in [0.1, 0.15) is 16.2 Å². The molecule has 2 rings (SSSR count). The smallest absolute Gasteiger partial charge is 0.270 e. The van der Waals surface area contributed by atoms with Gasteiger partial charge in [-0.15, -0.1) is 22.7 Å². The van der Waals surface area contributed by atoms with Gasteiger partial charge in [0.15, 0.2) is 0 Å². The van der Waals surface area contributed by atoms with E-state index in [1.54, 1.807) is 27.7 Å². The molecular formula is C9H9N3OS2. The van der Waals surface area contributed by atoms with Crippen LogP contribution in [-0.4, -0.2) is 22.4 Å². The van der Waals surface area contributed by atoms with Crippen molar-refractivity contribution in [1.82, 2.24) is 15.3 Å². The van der Waals surface area contributed by atoms with Crippen molar-refractivity contribution < 1.29 is 4.79 Å². The second kappa shape index (κ2) is 4.99. The molecule has 0 saturated carbocycles. The number of rotatable bonds is 4. The number of nitrogens with one attached hydrogen (secondary N) is 1. The van der Waals surface area contributed by atoms with Gasteiger partial charge in [0.25, 0.3) is 5.91 Å². The average Bonchev–Trinajstić information content (AvgIpc) is 2.90. The molecule has 0 saturated heterocycles. The quantitative estimate of drug-likeness (QED) is 0.881. The molecule has 6 heteroatoms. The predicted octanol–water partition coefficient (Wildman–Crippen LogP) is 1.57. The van der Waals surface area contributed by atoms with Crippen LogP contribution >= 0.6 is 22.7 Å². The molecule has 0 unspecified atom stereocenters. The first-order valence-corrected chi connectivity index (χ1v) is 6.28. The third-order valence-electron chi connectivity index (χ3n) is 1.82. The molecule has 4 nitrogen and oxygen atoms in total. The van der Waals surface area contributed by atoms with Crippen LogP contribution in [-0.2, 0) is 6.42 Å². The molecule has 0 aliphatic heterocycles. The normalized spacial score (nSPS) is 10.1. The van der Waals surface area contributed by atoms with Crippen LogP contribution in [0.4, 0.5) is 0 Å². The van der Waals surface area contributed by atoms with Gasteiger partial charge in [-0.3, -0.25) is 4.79 Å². The average molecular weight is 239 g/mol. The molecule has 2 aromatic rings. The zero-order valence-corrected chi connectivity index (χ0v) is 9.48. The molecule has 0 bridgehead atoms. The van der Waals surface area contributed by atoms with Crippen LogP contribution in [0, 0.1) is 0 Å². The third-order valence-corrected chi connectivity index (χ3v) is 3.04. The summed E-state index contributed by atoms with van der Waals surface area (Å²) in [6.45, 7) is 0.597. The first kappa shape index (κ1) is 10.3. The molecule has 0 spiro atoms. The zero-order valence-electron chi connectivity index (χ0n) is 7.84. The highest BCUT2D eigenvalue weighted by Gasteiger charge is 2.06. The van der Waals surface area contributed by atoms with Crippen molar-refractivity contribution in [3.05, 3.63) is 33.2 Å². The molecule has 0 radical (unpaired) electrons. The van der Waals surface area contributed by atoms with Crippen molar-refractivity contribution in [1.29, 1.82) is 0 Å². The van der Waals surface area contributed by atoms with E-state index in [2.05, 4.69) is 15.3 Å². The van der Waals surface area contributed by atoms with Crippen LogP contribution in [0.3, 0.4) is 0 Å². The Morgan fingerprint density at radius 2 is 2.07 bits per heavy atom. The molecule has 0 aliphatic carbocycles. The van der Waals surface area contributed by atoms with Crippen LogP contribution in [0.25, 0.3) is 0 Å². The SMILES string of the molecule is O=C(NCCc1cscn1)c1cscn1. The largest absolute Gasteiger partial charge is 0.350 e. The lowest BCUT2D eigenvalue weighted by molar-refractivity contribution is 0.0950. The van der Waals surface area contributed by atoms with Gasteiger partial charge < -0.3 is 5.32 Å². The minimum atomic E-state index is -0.119. The number of aromatic nitrogens is 2. The standard InChI is InChI=1S/C9H9N3OS2/c13-9(8-4-15-6-12-8)10-2-1-7-3-14-5-11-7/h3-6H,1-2H2,(H,10,13). The van der Waals surface area contributed by atoms with E-state index in [4.69, 9.17) is 0 Å². The summed E-state index contributed by atoms with van der Waals surface area (Å²) in [4.78, 5) is 19.5. The highest BCUT2D eigenvalue weighted by atomic mass is 32.1. The van der Waals surface area contributed by atoms with Gasteiger partial charge in [0.05, 0.1) is 16.7 Å². The minimum Gasteiger partial charge on any atom is -0.350 e. The molecule has 1 amide bonds. The highest BCUT2D eigenvalue weighted by molar-refractivity contribution is 7.07. The lowest BCUT2D eigenvalue weighted by atomic mass is 10.3. The summed E-state index contributed by atoms with van der Waals surface area (Å²) in [6.07, 6.45) is 0.763. The number of hydrogen-bond donors (Lipinski definition) is 1. The van der Waals surface area contributed by atoms with Gasteiger partial charge in [-0.05, 0) is 0 Å². The first-order chi connectivity index (χ1) is 7.36. The molecule has 2 aromatic heterocycles. The summed E-state index contributed by atoms with van der Waals surface area (Å²) in [5, 5.41) is 6.51. The van der Waals surface area contributed by atoms with Gasteiger partial charge in [0, 0.05) is 23.7 Å². The molecular weight excluding hydrogens is 230 g/mol. The van der Waals surface area contributed by atoms with E-state index in [0.29, 0.717) is 12.2 Å². The number of carbonyl (C=O) groups is 1. The fourth-order valence-corrected chi connectivity index (χ4v) is 2.21. The van der Waals surface area contributed by atoms with E-state index < -0.39 is 0 Å². The number of carbonyl (C=O) groups excluding carboxylic acids is 1. The van der Waals surface area contributed by atoms with Gasteiger partial charge in [-0.2, -0.15) is 0 Å². The Hall–Kier alpha value is -1.27. The third kappa shape index (κ3) is 2.84. The Labute approximate surface area is 95.0 Å². The molecule has 15 heavy (non-hydrogen) atoms. The van der Waals surface area contributed by atoms with Crippen molar-refractivity contribution in [3.8, 4) is 0 Å². The number of thiazole rings is 2. The van der Waals surface area contributed by atoms with Crippen molar-refractivity contribution in [2.75, 3.05) is 6.54 Å². The lowest BCUT2D eigenvalue weighted by Gasteiger charge is -2.00. The van der Waals surface area contributed by atoms with Crippen LogP contribution in [0.5, 0.6) is 0 Å². The van der Waals surface area contributed by atoms with Gasteiger partial charge in [0.1, 0.15) is 5.69 Å². The molecule has 78 valence electrons. The van der Waals surface area contributed by atoms with E-state index in [1.807, 2.05) is 5.38 Å². The Kier molecular flexibility index (Phi) is 3.41. The fraction of sp³-hybridized carbons (Fsp3) is 0.222. The van der Waals surface area contributed by atoms with E-state index in [0.717, 1.165) is 12.1 Å². The maximum atomic E-state index is 11.4. The topological polar surface area (TPSA) is 54.9 Å². The summed E-state index contributed by atoms with van der Waals surface area (Å²) in [6, 6.07) is 0. The maximum absolute atomic E-state index is 11.4. The molecule has 0 fully saturated rings. The van der Waals surface area contributed by atoms with E-state index in [1.165, 1.54) is 11.3 Å². The zero-order chi connectivity index (χ0) is 10.5. The summed E-state index contributed by atoms with van der Waals surface area (Å²) in [7, 11) is 0. The summed E-state index contributed by atoms with van der Waals surface area (Å²) in [5.41, 5.74) is 4.93. The second-order valence-electron chi connectivity index (χ2n) is 2.86. The van der Waals surface area contributed by atoms with Crippen molar-refractivity contribution in [3.63, 3.8) is 0 Å². The van der Waals surface area contributed by atoms with Crippen LogP contribution < -0.4 is 5.32 Å². The van der Waals surface area contributed by atoms with E-state index >= 15 is 0 Å². The number of hydrogen-bond acceptors (Lipinski definition) is 5. The lowest BCUT2D eigenvalue weighted by Crippen LogP contribution is -2.25. The van der Waals surface area contributed by atoms with Crippen LogP contribution in [0.2, 0.25) is 0 Å². The Balaban J connectivity index is 1.77. The fourth-order valence-electron chi connectivity index (χ4n) is 1.08. The Morgan fingerprint density at radius 3 is 2.73 bits per heavy atom. The van der Waals surface area contributed by atoms with Crippen molar-refractivity contribution >= 4 is 28.6 Å². The molecule has 1 N–H and O–H groups in total. The predicted molar refractivity (Wildman–Crippen MR) is 60.3 cm³/mol. The van der Waals surface area contributed by atoms with Crippen molar-refractivity contribution in [2.45, 2.75) is 6.42 Å². The van der Waals surface area contributed by atoms with Gasteiger partial charge in [-0.25, -0.2) is 9.97 Å². The van der Waals surface area contributed by atoms with E-state index in [9.17, 15) is 4.79 Å². The number of nitrogens with zero attached hydrogens (tertiary/aromatic N) is 2. The summed E-state index contributed by atoms with van der Waals surface area (Å²) < 4.78 is 0. The molecule has 0 aliphatic rings. The number of amides is 1. The Morgan fingerprint density at radius 1 is 1.27 bits per heavy atom. The van der Waals surface area contributed by atoms with E-state index in [-0.39, 0.29) is 5.91 Å². The van der Waals surface area contributed by atoms with Gasteiger partial charge >= 0.3 is 0 Å². The highest BCUT2D eigenvalue weighted by Crippen LogP contribution is 2.02. The Bertz CT molecular complexity index is 411. The monoisotopic (exact) mass is 239 g/mol. The van der Waals surface area contributed by atoms with Crippen LogP contribution in [0.15, 0.2) is 21.8 Å². The molecule has 0 atom stereocenters. The summed E-state index contributed by atoms with van der Waals surface area (Å²) in [5.74, 6) is -0.119. The maximum Gasteiger partial charge on any atom is 0.270 e. The minimum absolute atomic E-state index is 0.119. The van der Waals surface area contributed by atoms with Crippen molar-refractivity contribution in [2.24, 2.45) is 0 Å². The van der Waals surface area contributed by atoms with Gasteiger partial charge in [-0.1, -0.05) is 0 Å². The van der Waals surface area contributed by atoms with Gasteiger partial charge in [0.2, 0.25) is 0 Å². The summed E-state index contributed by atoms with van der Waals surface area (Å²) >= 11 is 2.98. The second-order valence-corrected chi connectivity index (χ2v) is 4.30. The first-order valence-electron chi connectivity index (χ1n) is 4.40.